The maximum atomic E-state index is 13.2. The van der Waals surface area contributed by atoms with E-state index in [-0.39, 0.29) is 17.2 Å². The van der Waals surface area contributed by atoms with Crippen molar-refractivity contribution in [3.05, 3.63) is 39.7 Å². The lowest BCUT2D eigenvalue weighted by Crippen LogP contribution is -2.29. The van der Waals surface area contributed by atoms with Gasteiger partial charge >= 0.3 is 0 Å². The number of carbonyl (C=O) groups is 1. The third-order valence-electron chi connectivity index (χ3n) is 5.75. The van der Waals surface area contributed by atoms with Gasteiger partial charge in [0.2, 0.25) is 5.91 Å². The van der Waals surface area contributed by atoms with Crippen LogP contribution in [0, 0.1) is 13.8 Å². The Morgan fingerprint density at radius 1 is 1.19 bits per heavy atom. The number of aromatic nitrogens is 3. The first-order valence-corrected chi connectivity index (χ1v) is 12.9. The van der Waals surface area contributed by atoms with E-state index in [4.69, 9.17) is 4.98 Å². The number of hydrogen-bond donors (Lipinski definition) is 1. The molecule has 1 N–H and O–H groups in total. The molecule has 9 heteroatoms. The van der Waals surface area contributed by atoms with Crippen LogP contribution in [0.3, 0.4) is 0 Å². The van der Waals surface area contributed by atoms with Crippen molar-refractivity contribution in [2.75, 3.05) is 29.1 Å². The Morgan fingerprint density at radius 3 is 2.72 bits per heavy atom. The van der Waals surface area contributed by atoms with Gasteiger partial charge < -0.3 is 10.2 Å². The SMILES string of the molecule is CCCn1c(SCC(=O)Nc2cccc(C)c2C)nc2nc(N3CCCCC3)sc2c1=O. The van der Waals surface area contributed by atoms with E-state index in [2.05, 4.69) is 15.2 Å². The first-order valence-electron chi connectivity index (χ1n) is 11.1. The molecule has 0 spiro atoms. The maximum absolute atomic E-state index is 13.2. The highest BCUT2D eigenvalue weighted by atomic mass is 32.2. The van der Waals surface area contributed by atoms with Gasteiger partial charge in [0.25, 0.3) is 5.56 Å². The lowest BCUT2D eigenvalue weighted by Gasteiger charge is -2.25. The molecule has 0 saturated carbocycles. The summed E-state index contributed by atoms with van der Waals surface area (Å²) in [5.74, 6) is 0.0615. The van der Waals surface area contributed by atoms with Crippen molar-refractivity contribution in [2.24, 2.45) is 0 Å². The molecule has 0 atom stereocenters. The van der Waals surface area contributed by atoms with Crippen molar-refractivity contribution in [3.8, 4) is 0 Å². The number of benzene rings is 1. The second kappa shape index (κ2) is 10.0. The van der Waals surface area contributed by atoms with Gasteiger partial charge in [0.05, 0.1) is 5.75 Å². The van der Waals surface area contributed by atoms with Crippen molar-refractivity contribution in [1.82, 2.24) is 14.5 Å². The van der Waals surface area contributed by atoms with Crippen molar-refractivity contribution in [2.45, 2.75) is 58.2 Å². The second-order valence-electron chi connectivity index (χ2n) is 8.13. The first-order chi connectivity index (χ1) is 15.5. The number of anilines is 2. The molecular weight excluding hydrogens is 442 g/mol. The van der Waals surface area contributed by atoms with Crippen LogP contribution in [0.15, 0.2) is 28.2 Å². The summed E-state index contributed by atoms with van der Waals surface area (Å²) in [5.41, 5.74) is 3.43. The highest BCUT2D eigenvalue weighted by molar-refractivity contribution is 7.99. The Hall–Kier alpha value is -2.39. The molecule has 170 valence electrons. The smallest absolute Gasteiger partial charge is 0.273 e. The standard InChI is InChI=1S/C23H29N5O2S2/c1-4-11-28-21(30)19-20(25-22(32-19)27-12-6-5-7-13-27)26-23(28)31-14-18(29)24-17-10-8-9-15(2)16(17)3/h8-10H,4-7,11-14H2,1-3H3,(H,24,29). The number of fused-ring (bicyclic) bond motifs is 1. The summed E-state index contributed by atoms with van der Waals surface area (Å²) >= 11 is 2.73. The minimum absolute atomic E-state index is 0.0601. The van der Waals surface area contributed by atoms with Crippen LogP contribution in [0.2, 0.25) is 0 Å². The molecule has 7 nitrogen and oxygen atoms in total. The summed E-state index contributed by atoms with van der Waals surface area (Å²) in [6.45, 7) is 8.57. The topological polar surface area (TPSA) is 80.1 Å². The van der Waals surface area contributed by atoms with E-state index < -0.39 is 0 Å². The summed E-state index contributed by atoms with van der Waals surface area (Å²) in [6, 6.07) is 5.86. The molecule has 1 aliphatic heterocycles. The van der Waals surface area contributed by atoms with Gasteiger partial charge in [0, 0.05) is 25.3 Å². The average Bonchev–Trinajstić information content (AvgIpc) is 3.23. The Kier molecular flexibility index (Phi) is 7.15. The van der Waals surface area contributed by atoms with Gasteiger partial charge in [-0.25, -0.2) is 4.98 Å². The van der Waals surface area contributed by atoms with E-state index in [1.54, 1.807) is 4.57 Å². The molecule has 3 heterocycles. The lowest BCUT2D eigenvalue weighted by atomic mass is 10.1. The fraction of sp³-hybridized carbons (Fsp3) is 0.478. The number of rotatable bonds is 7. The van der Waals surface area contributed by atoms with Crippen LogP contribution in [-0.2, 0) is 11.3 Å². The fourth-order valence-electron chi connectivity index (χ4n) is 3.83. The van der Waals surface area contributed by atoms with E-state index in [9.17, 15) is 9.59 Å². The Bertz CT molecular complexity index is 1180. The van der Waals surface area contributed by atoms with Gasteiger partial charge in [-0.05, 0) is 56.7 Å². The zero-order chi connectivity index (χ0) is 22.7. The van der Waals surface area contributed by atoms with Gasteiger partial charge in [-0.15, -0.1) is 0 Å². The molecule has 3 aromatic rings. The number of carbonyl (C=O) groups excluding carboxylic acids is 1. The molecule has 0 radical (unpaired) electrons. The van der Waals surface area contributed by atoms with Crippen LogP contribution in [0.5, 0.6) is 0 Å². The molecule has 0 bridgehead atoms. The van der Waals surface area contributed by atoms with Gasteiger partial charge in [0.15, 0.2) is 15.9 Å². The van der Waals surface area contributed by atoms with E-state index in [0.717, 1.165) is 54.3 Å². The highest BCUT2D eigenvalue weighted by Gasteiger charge is 2.20. The van der Waals surface area contributed by atoms with Crippen molar-refractivity contribution in [3.63, 3.8) is 0 Å². The number of amides is 1. The van der Waals surface area contributed by atoms with Crippen LogP contribution in [0.25, 0.3) is 10.3 Å². The summed E-state index contributed by atoms with van der Waals surface area (Å²) in [6.07, 6.45) is 4.36. The zero-order valence-corrected chi connectivity index (χ0v) is 20.4. The number of thiazole rings is 1. The Balaban J connectivity index is 1.56. The number of nitrogens with one attached hydrogen (secondary N) is 1. The second-order valence-corrected chi connectivity index (χ2v) is 10.1. The molecule has 4 rings (SSSR count). The summed E-state index contributed by atoms with van der Waals surface area (Å²) in [7, 11) is 0. The molecule has 1 aliphatic rings. The van der Waals surface area contributed by atoms with Crippen molar-refractivity contribution in [1.29, 1.82) is 0 Å². The largest absolute Gasteiger partial charge is 0.348 e. The van der Waals surface area contributed by atoms with E-state index in [1.807, 2.05) is 39.0 Å². The summed E-state index contributed by atoms with van der Waals surface area (Å²) < 4.78 is 2.29. The highest BCUT2D eigenvalue weighted by Crippen LogP contribution is 2.29. The van der Waals surface area contributed by atoms with E-state index in [1.165, 1.54) is 29.5 Å². The summed E-state index contributed by atoms with van der Waals surface area (Å²) in [4.78, 5) is 37.5. The summed E-state index contributed by atoms with van der Waals surface area (Å²) in [5, 5.41) is 4.41. The minimum atomic E-state index is -0.117. The van der Waals surface area contributed by atoms with Crippen LogP contribution in [0.1, 0.15) is 43.7 Å². The molecule has 1 amide bonds. The van der Waals surface area contributed by atoms with Gasteiger partial charge in [0.1, 0.15) is 4.70 Å². The number of nitrogens with zero attached hydrogens (tertiary/aromatic N) is 4. The molecule has 0 aliphatic carbocycles. The molecule has 1 fully saturated rings. The van der Waals surface area contributed by atoms with Crippen LogP contribution < -0.4 is 15.8 Å². The predicted octanol–water partition coefficient (Wildman–Crippen LogP) is 4.60. The molecule has 1 aromatic carbocycles. The number of aryl methyl sites for hydroxylation is 1. The van der Waals surface area contributed by atoms with Crippen LogP contribution >= 0.6 is 23.1 Å². The third-order valence-corrected chi connectivity index (χ3v) is 7.82. The zero-order valence-electron chi connectivity index (χ0n) is 18.8. The van der Waals surface area contributed by atoms with Gasteiger partial charge in [-0.3, -0.25) is 14.2 Å². The number of thioether (sulfide) groups is 1. The Morgan fingerprint density at radius 2 is 1.97 bits per heavy atom. The third kappa shape index (κ3) is 4.83. The quantitative estimate of drug-likeness (QED) is 0.401. The van der Waals surface area contributed by atoms with E-state index >= 15 is 0 Å². The first kappa shape index (κ1) is 22.8. The monoisotopic (exact) mass is 471 g/mol. The van der Waals surface area contributed by atoms with Crippen LogP contribution in [0.4, 0.5) is 10.8 Å². The Labute approximate surface area is 196 Å². The van der Waals surface area contributed by atoms with E-state index in [0.29, 0.717) is 22.0 Å². The lowest BCUT2D eigenvalue weighted by molar-refractivity contribution is -0.113. The van der Waals surface area contributed by atoms with Crippen molar-refractivity contribution < 1.29 is 4.79 Å². The normalized spacial score (nSPS) is 14.2. The molecule has 32 heavy (non-hydrogen) atoms. The van der Waals surface area contributed by atoms with Gasteiger partial charge in [-0.1, -0.05) is 42.2 Å². The fourth-order valence-corrected chi connectivity index (χ4v) is 5.65. The number of hydrogen-bond acceptors (Lipinski definition) is 7. The molecule has 1 saturated heterocycles. The maximum Gasteiger partial charge on any atom is 0.273 e. The minimum Gasteiger partial charge on any atom is -0.348 e. The molecule has 2 aromatic heterocycles. The molecule has 0 unspecified atom stereocenters. The molecular formula is C23H29N5O2S2. The van der Waals surface area contributed by atoms with Crippen molar-refractivity contribution >= 4 is 50.2 Å². The predicted molar refractivity (Wildman–Crippen MR) is 133 cm³/mol. The van der Waals surface area contributed by atoms with Gasteiger partial charge in [-0.2, -0.15) is 4.98 Å². The average molecular weight is 472 g/mol. The van der Waals surface area contributed by atoms with Crippen LogP contribution in [-0.4, -0.2) is 39.3 Å². The number of piperidine rings is 1.